The van der Waals surface area contributed by atoms with Gasteiger partial charge < -0.3 is 10.5 Å². The van der Waals surface area contributed by atoms with Gasteiger partial charge in [0, 0.05) is 12.6 Å². The third-order valence-corrected chi connectivity index (χ3v) is 3.13. The molecular formula is C13H19FN2O. The number of nitrogens with zero attached hydrogens (tertiary/aromatic N) is 1. The normalized spacial score (nSPS) is 18.2. The maximum atomic E-state index is 13.3. The van der Waals surface area contributed by atoms with E-state index in [0.717, 1.165) is 32.5 Å². The van der Waals surface area contributed by atoms with E-state index in [4.69, 9.17) is 10.5 Å². The van der Waals surface area contributed by atoms with Crippen LogP contribution in [0.2, 0.25) is 0 Å². The first kappa shape index (κ1) is 12.3. The van der Waals surface area contributed by atoms with Crippen molar-refractivity contribution in [3.8, 4) is 5.75 Å². The number of halogens is 1. The van der Waals surface area contributed by atoms with Gasteiger partial charge in [-0.1, -0.05) is 12.1 Å². The monoisotopic (exact) mass is 238 g/mol. The van der Waals surface area contributed by atoms with Gasteiger partial charge in [-0.2, -0.15) is 0 Å². The fourth-order valence-electron chi connectivity index (χ4n) is 2.02. The lowest BCUT2D eigenvalue weighted by Crippen LogP contribution is -2.41. The molecule has 94 valence electrons. The molecule has 0 radical (unpaired) electrons. The standard InChI is InChI=1S/C13H19FN2O/c14-12-3-1-2-4-13(12)17-10-9-16-7-5-11(15)6-8-16/h1-4,11H,5-10,15H2. The Morgan fingerprint density at radius 3 is 2.71 bits per heavy atom. The number of benzene rings is 1. The topological polar surface area (TPSA) is 38.5 Å². The minimum atomic E-state index is -0.298. The molecule has 17 heavy (non-hydrogen) atoms. The average Bonchev–Trinajstić information content (AvgIpc) is 2.34. The van der Waals surface area contributed by atoms with Crippen LogP contribution >= 0.6 is 0 Å². The Morgan fingerprint density at radius 2 is 2.00 bits per heavy atom. The molecule has 0 amide bonds. The van der Waals surface area contributed by atoms with Crippen LogP contribution in [0.5, 0.6) is 5.75 Å². The molecule has 1 fully saturated rings. The minimum absolute atomic E-state index is 0.298. The molecule has 3 nitrogen and oxygen atoms in total. The lowest BCUT2D eigenvalue weighted by molar-refractivity contribution is 0.171. The van der Waals surface area contributed by atoms with Gasteiger partial charge in [0.2, 0.25) is 0 Å². The van der Waals surface area contributed by atoms with E-state index in [2.05, 4.69) is 4.90 Å². The van der Waals surface area contributed by atoms with Crippen molar-refractivity contribution in [1.29, 1.82) is 0 Å². The van der Waals surface area contributed by atoms with E-state index in [0.29, 0.717) is 18.4 Å². The van der Waals surface area contributed by atoms with Crippen LogP contribution in [0, 0.1) is 5.82 Å². The molecule has 0 saturated carbocycles. The van der Waals surface area contributed by atoms with Crippen molar-refractivity contribution in [3.63, 3.8) is 0 Å². The van der Waals surface area contributed by atoms with Crippen LogP contribution in [0.3, 0.4) is 0 Å². The van der Waals surface area contributed by atoms with Crippen LogP contribution in [-0.2, 0) is 0 Å². The van der Waals surface area contributed by atoms with Crippen LogP contribution in [0.15, 0.2) is 24.3 Å². The van der Waals surface area contributed by atoms with Crippen molar-refractivity contribution >= 4 is 0 Å². The molecule has 2 N–H and O–H groups in total. The van der Waals surface area contributed by atoms with Crippen molar-refractivity contribution in [2.24, 2.45) is 5.73 Å². The van der Waals surface area contributed by atoms with Crippen LogP contribution in [0.4, 0.5) is 4.39 Å². The summed E-state index contributed by atoms with van der Waals surface area (Å²) in [5.41, 5.74) is 5.83. The van der Waals surface area contributed by atoms with Crippen LogP contribution in [-0.4, -0.2) is 37.2 Å². The summed E-state index contributed by atoms with van der Waals surface area (Å²) in [7, 11) is 0. The van der Waals surface area contributed by atoms with Crippen LogP contribution in [0.1, 0.15) is 12.8 Å². The molecule has 0 aromatic heterocycles. The number of likely N-dealkylation sites (tertiary alicyclic amines) is 1. The van der Waals surface area contributed by atoms with Gasteiger partial charge in [-0.25, -0.2) is 4.39 Å². The lowest BCUT2D eigenvalue weighted by atomic mass is 10.1. The maximum absolute atomic E-state index is 13.3. The molecular weight excluding hydrogens is 219 g/mol. The predicted octanol–water partition coefficient (Wildman–Crippen LogP) is 1.63. The zero-order valence-corrected chi connectivity index (χ0v) is 9.94. The molecule has 1 aliphatic rings. The minimum Gasteiger partial charge on any atom is -0.489 e. The number of ether oxygens (including phenoxy) is 1. The number of rotatable bonds is 4. The fraction of sp³-hybridized carbons (Fsp3) is 0.538. The van der Waals surface area contributed by atoms with Crippen molar-refractivity contribution in [1.82, 2.24) is 4.90 Å². The number of hydrogen-bond acceptors (Lipinski definition) is 3. The average molecular weight is 238 g/mol. The molecule has 1 aromatic carbocycles. The van der Waals surface area contributed by atoms with E-state index in [1.54, 1.807) is 18.2 Å². The van der Waals surface area contributed by atoms with Gasteiger partial charge in [0.25, 0.3) is 0 Å². The molecule has 1 aromatic rings. The highest BCUT2D eigenvalue weighted by Gasteiger charge is 2.15. The summed E-state index contributed by atoms with van der Waals surface area (Å²) in [6, 6.07) is 6.85. The van der Waals surface area contributed by atoms with Crippen molar-refractivity contribution in [2.75, 3.05) is 26.2 Å². The Hall–Kier alpha value is -1.13. The molecule has 1 aliphatic heterocycles. The molecule has 1 saturated heterocycles. The van der Waals surface area contributed by atoms with Gasteiger partial charge in [-0.05, 0) is 38.1 Å². The Balaban J connectivity index is 1.71. The summed E-state index contributed by atoms with van der Waals surface area (Å²) < 4.78 is 18.7. The SMILES string of the molecule is NC1CCN(CCOc2ccccc2F)CC1. The summed E-state index contributed by atoms with van der Waals surface area (Å²) in [5, 5.41) is 0. The number of hydrogen-bond donors (Lipinski definition) is 1. The quantitative estimate of drug-likeness (QED) is 0.866. The summed E-state index contributed by atoms with van der Waals surface area (Å²) in [6.07, 6.45) is 2.08. The van der Waals surface area contributed by atoms with E-state index in [-0.39, 0.29) is 5.82 Å². The van der Waals surface area contributed by atoms with Crippen LogP contribution < -0.4 is 10.5 Å². The third kappa shape index (κ3) is 3.68. The molecule has 1 heterocycles. The van der Waals surface area contributed by atoms with Gasteiger partial charge in [-0.15, -0.1) is 0 Å². The molecule has 0 unspecified atom stereocenters. The number of nitrogens with two attached hydrogens (primary N) is 1. The second kappa shape index (κ2) is 5.98. The van der Waals surface area contributed by atoms with Crippen LogP contribution in [0.25, 0.3) is 0 Å². The number of piperidine rings is 1. The van der Waals surface area contributed by atoms with Gasteiger partial charge in [0.15, 0.2) is 11.6 Å². The first-order chi connectivity index (χ1) is 8.25. The van der Waals surface area contributed by atoms with E-state index < -0.39 is 0 Å². The summed E-state index contributed by atoms with van der Waals surface area (Å²) in [5.74, 6) is 0.0365. The van der Waals surface area contributed by atoms with Gasteiger partial charge in [0.1, 0.15) is 6.61 Å². The molecule has 2 rings (SSSR count). The van der Waals surface area contributed by atoms with Gasteiger partial charge >= 0.3 is 0 Å². The van der Waals surface area contributed by atoms with E-state index >= 15 is 0 Å². The Labute approximate surface area is 101 Å². The van der Waals surface area contributed by atoms with Crippen molar-refractivity contribution < 1.29 is 9.13 Å². The predicted molar refractivity (Wildman–Crippen MR) is 65.5 cm³/mol. The molecule has 0 atom stereocenters. The molecule has 4 heteroatoms. The Morgan fingerprint density at radius 1 is 1.29 bits per heavy atom. The third-order valence-electron chi connectivity index (χ3n) is 3.13. The van der Waals surface area contributed by atoms with Gasteiger partial charge in [-0.3, -0.25) is 4.90 Å². The largest absolute Gasteiger partial charge is 0.489 e. The fourth-order valence-corrected chi connectivity index (χ4v) is 2.02. The first-order valence-corrected chi connectivity index (χ1v) is 6.11. The van der Waals surface area contributed by atoms with Gasteiger partial charge in [0.05, 0.1) is 0 Å². The summed E-state index contributed by atoms with van der Waals surface area (Å²) >= 11 is 0. The Bertz CT molecular complexity index is 351. The van der Waals surface area contributed by atoms with E-state index in [1.807, 2.05) is 0 Å². The van der Waals surface area contributed by atoms with E-state index in [9.17, 15) is 4.39 Å². The highest BCUT2D eigenvalue weighted by molar-refractivity contribution is 5.23. The maximum Gasteiger partial charge on any atom is 0.165 e. The van der Waals surface area contributed by atoms with Crippen molar-refractivity contribution in [3.05, 3.63) is 30.1 Å². The second-order valence-electron chi connectivity index (χ2n) is 4.46. The summed E-state index contributed by atoms with van der Waals surface area (Å²) in [6.45, 7) is 3.39. The molecule has 0 spiro atoms. The van der Waals surface area contributed by atoms with E-state index in [1.165, 1.54) is 6.07 Å². The van der Waals surface area contributed by atoms with Crippen molar-refractivity contribution in [2.45, 2.75) is 18.9 Å². The lowest BCUT2D eigenvalue weighted by Gasteiger charge is -2.29. The zero-order chi connectivity index (χ0) is 12.1. The first-order valence-electron chi connectivity index (χ1n) is 6.11. The second-order valence-corrected chi connectivity index (χ2v) is 4.46. The smallest absolute Gasteiger partial charge is 0.165 e. The molecule has 0 bridgehead atoms. The molecule has 0 aliphatic carbocycles. The Kier molecular flexibility index (Phi) is 4.34. The zero-order valence-electron chi connectivity index (χ0n) is 9.94. The highest BCUT2D eigenvalue weighted by atomic mass is 19.1. The highest BCUT2D eigenvalue weighted by Crippen LogP contribution is 2.15. The summed E-state index contributed by atoms with van der Waals surface area (Å²) in [4.78, 5) is 2.31. The number of para-hydroxylation sites is 1.